The topological polar surface area (TPSA) is 124 Å². The number of aryl methyl sites for hydroxylation is 1. The van der Waals surface area contributed by atoms with Gasteiger partial charge in [-0.2, -0.15) is 5.10 Å². The number of carbonyl (C=O) groups excluding carboxylic acids is 1. The van der Waals surface area contributed by atoms with Crippen molar-refractivity contribution in [3.63, 3.8) is 0 Å². The van der Waals surface area contributed by atoms with Gasteiger partial charge in [-0.1, -0.05) is 41.9 Å². The summed E-state index contributed by atoms with van der Waals surface area (Å²) in [7, 11) is 3.04. The number of hydrogen-bond acceptors (Lipinski definition) is 10. The first-order chi connectivity index (χ1) is 24.1. The van der Waals surface area contributed by atoms with Gasteiger partial charge in [-0.25, -0.2) is 23.4 Å². The molecule has 0 bridgehead atoms. The lowest BCUT2D eigenvalue weighted by Crippen LogP contribution is -2.27. The number of anilines is 2. The third kappa shape index (κ3) is 6.04. The maximum absolute atomic E-state index is 13.8. The smallest absolute Gasteiger partial charge is 0.309 e. The average Bonchev–Trinajstić information content (AvgIpc) is 3.62. The summed E-state index contributed by atoms with van der Waals surface area (Å²) in [6.45, 7) is 6.21. The summed E-state index contributed by atoms with van der Waals surface area (Å²) in [6.07, 6.45) is 0.199. The van der Waals surface area contributed by atoms with E-state index in [1.54, 1.807) is 25.4 Å². The Hall–Kier alpha value is -5.01. The molecular formula is C36H34ClF2N7O4. The predicted molar refractivity (Wildman–Crippen MR) is 185 cm³/mol. The van der Waals surface area contributed by atoms with Gasteiger partial charge in [0.2, 0.25) is 5.88 Å². The number of esters is 1. The van der Waals surface area contributed by atoms with Gasteiger partial charge in [0, 0.05) is 48.9 Å². The Kier molecular flexibility index (Phi) is 8.95. The second-order valence-corrected chi connectivity index (χ2v) is 12.9. The molecule has 4 heterocycles. The Labute approximate surface area is 291 Å². The van der Waals surface area contributed by atoms with E-state index < -0.39 is 17.7 Å². The van der Waals surface area contributed by atoms with Crippen LogP contribution in [0.4, 0.5) is 20.3 Å². The fraction of sp³-hybridized carbons (Fsp3) is 0.333. The molecule has 0 amide bonds. The number of hydrogen-bond donors (Lipinski definition) is 1. The molecule has 2 fully saturated rings. The molecule has 7 rings (SSSR count). The van der Waals surface area contributed by atoms with Gasteiger partial charge in [-0.05, 0) is 48.9 Å². The lowest BCUT2D eigenvalue weighted by atomic mass is 9.96. The highest BCUT2D eigenvalue weighted by Gasteiger charge is 2.60. The highest BCUT2D eigenvalue weighted by molar-refractivity contribution is 6.36. The highest BCUT2D eigenvalue weighted by atomic mass is 35.5. The molecule has 1 aliphatic heterocycles. The van der Waals surface area contributed by atoms with Gasteiger partial charge in [0.1, 0.15) is 17.2 Å². The van der Waals surface area contributed by atoms with Crippen LogP contribution in [0, 0.1) is 24.7 Å². The fourth-order valence-electron chi connectivity index (χ4n) is 6.95. The van der Waals surface area contributed by atoms with Crippen molar-refractivity contribution in [3.05, 3.63) is 87.2 Å². The average molecular weight is 702 g/mol. The maximum atomic E-state index is 13.8. The number of pyridine rings is 1. The van der Waals surface area contributed by atoms with E-state index >= 15 is 0 Å². The van der Waals surface area contributed by atoms with Crippen molar-refractivity contribution >= 4 is 39.8 Å². The van der Waals surface area contributed by atoms with Crippen LogP contribution in [0.15, 0.2) is 59.7 Å². The summed E-state index contributed by atoms with van der Waals surface area (Å²) in [5.74, 6) is 0.921. The molecule has 1 aliphatic carbocycles. The number of fused-ring (bicyclic) bond motifs is 2. The van der Waals surface area contributed by atoms with E-state index in [1.807, 2.05) is 38.1 Å². The van der Waals surface area contributed by atoms with Crippen LogP contribution in [0.5, 0.6) is 5.88 Å². The molecule has 50 heavy (non-hydrogen) atoms. The number of nitrogens with zero attached hydrogens (tertiary/aromatic N) is 6. The van der Waals surface area contributed by atoms with Gasteiger partial charge in [0.15, 0.2) is 0 Å². The number of carbonyl (C=O) groups is 1. The molecule has 2 aromatic carbocycles. The van der Waals surface area contributed by atoms with Crippen molar-refractivity contribution in [1.82, 2.24) is 29.6 Å². The van der Waals surface area contributed by atoms with E-state index in [0.29, 0.717) is 64.1 Å². The predicted octanol–water partition coefficient (Wildman–Crippen LogP) is 6.35. The summed E-state index contributed by atoms with van der Waals surface area (Å²) in [5, 5.41) is 7.95. The van der Waals surface area contributed by atoms with E-state index in [-0.39, 0.29) is 28.5 Å². The van der Waals surface area contributed by atoms with E-state index in [1.165, 1.54) is 19.3 Å². The minimum atomic E-state index is -2.84. The molecule has 0 spiro atoms. The third-order valence-electron chi connectivity index (χ3n) is 9.53. The van der Waals surface area contributed by atoms with Gasteiger partial charge in [0.05, 0.1) is 48.1 Å². The summed E-state index contributed by atoms with van der Waals surface area (Å²) >= 11 is 7.07. The Bertz CT molecular complexity index is 2190. The lowest BCUT2D eigenvalue weighted by Gasteiger charge is -2.20. The van der Waals surface area contributed by atoms with Crippen LogP contribution in [0.2, 0.25) is 5.02 Å². The third-order valence-corrected chi connectivity index (χ3v) is 9.94. The standard InChI is InChI=1S/C36H34ClF2N7O4/c1-5-50-36(48)30-23-15-46(16-24(23)30)17-28-34(49-4)44-27(14-40-28)22-10-6-9-21(31(22)37)20-8-7-11-25(18(20)2)42-33-29-19(12-26(43-33)32(38)39)13-41-45(3)35(29)47/h6-14,23-24,30,32H,5,15-17H2,1-4H3,(H,42,43)/t23-,24+,30?. The van der Waals surface area contributed by atoms with Gasteiger partial charge >= 0.3 is 5.97 Å². The SMILES string of the molecule is CCOC(=O)C1[C@H]2CN(Cc3ncc(-c4cccc(-c5cccc(Nc6nc(C(F)F)cc7cnn(C)c(=O)c67)c5C)c4Cl)nc3OC)C[C@@H]12. The van der Waals surface area contributed by atoms with Crippen molar-refractivity contribution in [3.8, 4) is 28.3 Å². The Balaban J connectivity index is 1.16. The summed E-state index contributed by atoms with van der Waals surface area (Å²) in [6, 6.07) is 12.3. The number of benzene rings is 2. The quantitative estimate of drug-likeness (QED) is 0.165. The number of halogens is 3. The molecule has 2 aliphatic rings. The van der Waals surface area contributed by atoms with E-state index in [9.17, 15) is 18.4 Å². The lowest BCUT2D eigenvalue weighted by molar-refractivity contribution is -0.145. The first kappa shape index (κ1) is 33.5. The van der Waals surface area contributed by atoms with Gasteiger partial charge < -0.3 is 14.8 Å². The van der Waals surface area contributed by atoms with Crippen LogP contribution in [0.1, 0.15) is 30.3 Å². The number of likely N-dealkylation sites (tertiary alicyclic amines) is 1. The highest BCUT2D eigenvalue weighted by Crippen LogP contribution is 2.52. The van der Waals surface area contributed by atoms with Crippen molar-refractivity contribution in [2.45, 2.75) is 26.8 Å². The maximum Gasteiger partial charge on any atom is 0.309 e. The largest absolute Gasteiger partial charge is 0.480 e. The number of methoxy groups -OCH3 is 1. The second kappa shape index (κ2) is 13.4. The summed E-state index contributed by atoms with van der Waals surface area (Å²) in [5.41, 5.74) is 3.72. The fourth-order valence-corrected chi connectivity index (χ4v) is 7.27. The number of ether oxygens (including phenoxy) is 2. The van der Waals surface area contributed by atoms with Crippen LogP contribution < -0.4 is 15.6 Å². The molecule has 3 aromatic heterocycles. The number of aromatic nitrogens is 5. The van der Waals surface area contributed by atoms with Crippen LogP contribution in [0.3, 0.4) is 0 Å². The first-order valence-electron chi connectivity index (χ1n) is 16.2. The van der Waals surface area contributed by atoms with Crippen LogP contribution in [0.25, 0.3) is 33.2 Å². The Morgan fingerprint density at radius 2 is 1.80 bits per heavy atom. The second-order valence-electron chi connectivity index (χ2n) is 12.5. The van der Waals surface area contributed by atoms with Gasteiger partial charge in [-0.3, -0.25) is 19.5 Å². The van der Waals surface area contributed by atoms with Crippen molar-refractivity contribution in [1.29, 1.82) is 0 Å². The molecule has 0 radical (unpaired) electrons. The molecule has 1 N–H and O–H groups in total. The van der Waals surface area contributed by atoms with Crippen molar-refractivity contribution < 1.29 is 23.0 Å². The number of alkyl halides is 2. The zero-order valence-corrected chi connectivity index (χ0v) is 28.5. The Morgan fingerprint density at radius 1 is 1.08 bits per heavy atom. The number of piperidine rings is 1. The zero-order valence-electron chi connectivity index (χ0n) is 27.8. The molecule has 5 aromatic rings. The Morgan fingerprint density at radius 3 is 2.52 bits per heavy atom. The van der Waals surface area contributed by atoms with Gasteiger partial charge in [0.25, 0.3) is 12.0 Å². The molecule has 1 unspecified atom stereocenters. The number of nitrogens with one attached hydrogen (secondary N) is 1. The van der Waals surface area contributed by atoms with Gasteiger partial charge in [-0.15, -0.1) is 0 Å². The molecule has 3 atom stereocenters. The zero-order chi connectivity index (χ0) is 35.3. The minimum Gasteiger partial charge on any atom is -0.480 e. The first-order valence-corrected chi connectivity index (χ1v) is 16.6. The summed E-state index contributed by atoms with van der Waals surface area (Å²) < 4.78 is 39.5. The molecule has 1 saturated carbocycles. The molecule has 258 valence electrons. The van der Waals surface area contributed by atoms with Crippen LogP contribution >= 0.6 is 11.6 Å². The monoisotopic (exact) mass is 701 g/mol. The van der Waals surface area contributed by atoms with Crippen molar-refractivity contribution in [2.24, 2.45) is 24.8 Å². The molecule has 14 heteroatoms. The van der Waals surface area contributed by atoms with E-state index in [0.717, 1.165) is 28.9 Å². The number of rotatable bonds is 10. The summed E-state index contributed by atoms with van der Waals surface area (Å²) in [4.78, 5) is 41.0. The van der Waals surface area contributed by atoms with Crippen molar-refractivity contribution in [2.75, 3.05) is 32.1 Å². The van der Waals surface area contributed by atoms with Crippen LogP contribution in [-0.4, -0.2) is 62.4 Å². The normalized spacial score (nSPS) is 18.4. The molecule has 11 nitrogen and oxygen atoms in total. The minimum absolute atomic E-state index is 0.00377. The van der Waals surface area contributed by atoms with Crippen LogP contribution in [-0.2, 0) is 23.1 Å². The molecular weight excluding hydrogens is 668 g/mol. The van der Waals surface area contributed by atoms with E-state index in [4.69, 9.17) is 31.0 Å². The van der Waals surface area contributed by atoms with E-state index in [2.05, 4.69) is 20.3 Å². The molecule has 1 saturated heterocycles.